The normalized spacial score (nSPS) is 12.0. The van der Waals surface area contributed by atoms with Crippen molar-refractivity contribution < 1.29 is 4.74 Å². The van der Waals surface area contributed by atoms with Crippen molar-refractivity contribution in [2.45, 2.75) is 32.8 Å². The summed E-state index contributed by atoms with van der Waals surface area (Å²) in [5.74, 6) is 0.924. The third-order valence-corrected chi connectivity index (χ3v) is 3.67. The van der Waals surface area contributed by atoms with Crippen molar-refractivity contribution >= 4 is 17.3 Å². The molecule has 2 rings (SSSR count). The molecular weight excluding hydrogens is 282 g/mol. The van der Waals surface area contributed by atoms with E-state index in [-0.39, 0.29) is 6.10 Å². The summed E-state index contributed by atoms with van der Waals surface area (Å²) in [5, 5.41) is 4.19. The summed E-state index contributed by atoms with van der Waals surface area (Å²) in [7, 11) is 0. The zero-order chi connectivity index (χ0) is 15.1. The van der Waals surface area contributed by atoms with E-state index >= 15 is 0 Å². The van der Waals surface area contributed by atoms with Crippen LogP contribution in [0.2, 0.25) is 5.02 Å². The van der Waals surface area contributed by atoms with Gasteiger partial charge >= 0.3 is 0 Å². The van der Waals surface area contributed by atoms with Gasteiger partial charge < -0.3 is 10.1 Å². The van der Waals surface area contributed by atoms with Gasteiger partial charge in [-0.1, -0.05) is 30.7 Å². The molecule has 0 heterocycles. The van der Waals surface area contributed by atoms with E-state index in [9.17, 15) is 0 Å². The largest absolute Gasteiger partial charge is 0.491 e. The Labute approximate surface area is 132 Å². The molecule has 0 amide bonds. The fourth-order valence-electron chi connectivity index (χ4n) is 1.97. The zero-order valence-electron chi connectivity index (χ0n) is 12.6. The molecule has 0 saturated carbocycles. The second kappa shape index (κ2) is 7.94. The summed E-state index contributed by atoms with van der Waals surface area (Å²) < 4.78 is 5.76. The lowest BCUT2D eigenvalue weighted by Crippen LogP contribution is -2.09. The van der Waals surface area contributed by atoms with E-state index in [1.165, 1.54) is 5.56 Å². The monoisotopic (exact) mass is 303 g/mol. The molecule has 112 valence electrons. The van der Waals surface area contributed by atoms with E-state index in [4.69, 9.17) is 16.3 Å². The number of ether oxygens (including phenoxy) is 1. The first kappa shape index (κ1) is 15.7. The maximum atomic E-state index is 5.88. The summed E-state index contributed by atoms with van der Waals surface area (Å²) in [6, 6.07) is 16.1. The highest BCUT2D eigenvalue weighted by Crippen LogP contribution is 2.18. The minimum atomic E-state index is 0.258. The first-order valence-corrected chi connectivity index (χ1v) is 7.80. The van der Waals surface area contributed by atoms with Gasteiger partial charge in [0.05, 0.1) is 6.10 Å². The summed E-state index contributed by atoms with van der Waals surface area (Å²) in [5.41, 5.74) is 2.39. The molecule has 0 aromatic heterocycles. The van der Waals surface area contributed by atoms with Gasteiger partial charge in [0.25, 0.3) is 0 Å². The van der Waals surface area contributed by atoms with Gasteiger partial charge in [-0.25, -0.2) is 0 Å². The van der Waals surface area contributed by atoms with Crippen molar-refractivity contribution in [3.8, 4) is 5.75 Å². The molecule has 1 N–H and O–H groups in total. The fourth-order valence-corrected chi connectivity index (χ4v) is 2.10. The second-order valence-electron chi connectivity index (χ2n) is 5.16. The van der Waals surface area contributed by atoms with Crippen molar-refractivity contribution in [1.82, 2.24) is 0 Å². The van der Waals surface area contributed by atoms with E-state index in [0.29, 0.717) is 0 Å². The molecule has 21 heavy (non-hydrogen) atoms. The zero-order valence-corrected chi connectivity index (χ0v) is 13.4. The van der Waals surface area contributed by atoms with Crippen molar-refractivity contribution in [2.24, 2.45) is 0 Å². The molecule has 1 atom stereocenters. The number of anilines is 1. The lowest BCUT2D eigenvalue weighted by Gasteiger charge is -2.13. The van der Waals surface area contributed by atoms with Crippen LogP contribution in [0.15, 0.2) is 48.5 Å². The van der Waals surface area contributed by atoms with Gasteiger partial charge in [0.2, 0.25) is 0 Å². The van der Waals surface area contributed by atoms with Crippen LogP contribution in [0.1, 0.15) is 25.8 Å². The molecule has 2 nitrogen and oxygen atoms in total. The fraction of sp³-hybridized carbons (Fsp3) is 0.333. The van der Waals surface area contributed by atoms with E-state index in [2.05, 4.69) is 43.4 Å². The number of benzene rings is 2. The predicted octanol–water partition coefficient (Wildman–Crippen LogP) is 5.17. The Hall–Kier alpha value is -1.67. The van der Waals surface area contributed by atoms with Crippen LogP contribution in [-0.4, -0.2) is 12.6 Å². The van der Waals surface area contributed by atoms with Crippen LogP contribution in [-0.2, 0) is 6.42 Å². The summed E-state index contributed by atoms with van der Waals surface area (Å²) in [6.07, 6.45) is 2.25. The molecule has 0 spiro atoms. The van der Waals surface area contributed by atoms with Crippen LogP contribution >= 0.6 is 11.6 Å². The maximum Gasteiger partial charge on any atom is 0.119 e. The SMILES string of the molecule is CCC(C)Oc1ccc(NCCc2ccc(Cl)cc2)cc1. The van der Waals surface area contributed by atoms with Gasteiger partial charge in [0.1, 0.15) is 5.75 Å². The summed E-state index contributed by atoms with van der Waals surface area (Å²) >= 11 is 5.88. The van der Waals surface area contributed by atoms with Crippen LogP contribution in [0.25, 0.3) is 0 Å². The lowest BCUT2D eigenvalue weighted by atomic mass is 10.1. The average molecular weight is 304 g/mol. The van der Waals surface area contributed by atoms with Gasteiger partial charge in [-0.3, -0.25) is 0 Å². The van der Waals surface area contributed by atoms with Crippen molar-refractivity contribution in [3.63, 3.8) is 0 Å². The Morgan fingerprint density at radius 1 is 1.05 bits per heavy atom. The van der Waals surface area contributed by atoms with E-state index in [1.807, 2.05) is 24.3 Å². The molecule has 3 heteroatoms. The van der Waals surface area contributed by atoms with Crippen LogP contribution < -0.4 is 10.1 Å². The Kier molecular flexibility index (Phi) is 5.94. The third kappa shape index (κ3) is 5.31. The Balaban J connectivity index is 1.79. The van der Waals surface area contributed by atoms with Gasteiger partial charge in [-0.2, -0.15) is 0 Å². The molecule has 0 fully saturated rings. The third-order valence-electron chi connectivity index (χ3n) is 3.42. The number of hydrogen-bond acceptors (Lipinski definition) is 2. The van der Waals surface area contributed by atoms with Crippen LogP contribution in [0, 0.1) is 0 Å². The van der Waals surface area contributed by atoms with Gasteiger partial charge in [-0.05, 0) is 61.7 Å². The smallest absolute Gasteiger partial charge is 0.119 e. The highest BCUT2D eigenvalue weighted by molar-refractivity contribution is 6.30. The first-order valence-electron chi connectivity index (χ1n) is 7.42. The van der Waals surface area contributed by atoms with Crippen LogP contribution in [0.4, 0.5) is 5.69 Å². The Bertz CT molecular complexity index is 536. The number of halogens is 1. The number of hydrogen-bond donors (Lipinski definition) is 1. The minimum absolute atomic E-state index is 0.258. The molecule has 0 aliphatic heterocycles. The Morgan fingerprint density at radius 2 is 1.71 bits per heavy atom. The molecule has 0 saturated heterocycles. The van der Waals surface area contributed by atoms with Gasteiger partial charge in [-0.15, -0.1) is 0 Å². The molecule has 0 aliphatic rings. The van der Waals surface area contributed by atoms with Crippen molar-refractivity contribution in [1.29, 1.82) is 0 Å². The highest BCUT2D eigenvalue weighted by Gasteiger charge is 2.01. The molecule has 0 aliphatic carbocycles. The predicted molar refractivity (Wildman–Crippen MR) is 90.5 cm³/mol. The molecule has 0 radical (unpaired) electrons. The number of rotatable bonds is 7. The molecule has 1 unspecified atom stereocenters. The Morgan fingerprint density at radius 3 is 2.33 bits per heavy atom. The molecular formula is C18H22ClNO. The van der Waals surface area contributed by atoms with Crippen molar-refractivity contribution in [2.75, 3.05) is 11.9 Å². The molecule has 2 aromatic carbocycles. The maximum absolute atomic E-state index is 5.88. The van der Waals surface area contributed by atoms with E-state index in [1.54, 1.807) is 0 Å². The van der Waals surface area contributed by atoms with Gasteiger partial charge in [0.15, 0.2) is 0 Å². The van der Waals surface area contributed by atoms with Gasteiger partial charge in [0, 0.05) is 17.3 Å². The highest BCUT2D eigenvalue weighted by atomic mass is 35.5. The summed E-state index contributed by atoms with van der Waals surface area (Å²) in [4.78, 5) is 0. The average Bonchev–Trinajstić information content (AvgIpc) is 2.51. The van der Waals surface area contributed by atoms with E-state index in [0.717, 1.165) is 35.8 Å². The summed E-state index contributed by atoms with van der Waals surface area (Å²) in [6.45, 7) is 5.10. The van der Waals surface area contributed by atoms with Crippen LogP contribution in [0.5, 0.6) is 5.75 Å². The quantitative estimate of drug-likeness (QED) is 0.761. The number of nitrogens with one attached hydrogen (secondary N) is 1. The topological polar surface area (TPSA) is 21.3 Å². The van der Waals surface area contributed by atoms with Crippen LogP contribution in [0.3, 0.4) is 0 Å². The molecule has 0 bridgehead atoms. The van der Waals surface area contributed by atoms with Crippen molar-refractivity contribution in [3.05, 3.63) is 59.1 Å². The first-order chi connectivity index (χ1) is 10.2. The second-order valence-corrected chi connectivity index (χ2v) is 5.60. The van der Waals surface area contributed by atoms with E-state index < -0.39 is 0 Å². The lowest BCUT2D eigenvalue weighted by molar-refractivity contribution is 0.217. The molecule has 2 aromatic rings. The standard InChI is InChI=1S/C18H22ClNO/c1-3-14(2)21-18-10-8-17(9-11-18)20-13-12-15-4-6-16(19)7-5-15/h4-11,14,20H,3,12-13H2,1-2H3. The minimum Gasteiger partial charge on any atom is -0.491 e.